The van der Waals surface area contributed by atoms with Gasteiger partial charge in [0.25, 0.3) is 5.91 Å². The fourth-order valence-corrected chi connectivity index (χ4v) is 2.43. The Hall–Kier alpha value is -2.40. The molecule has 1 atom stereocenters. The van der Waals surface area contributed by atoms with Crippen molar-refractivity contribution in [3.05, 3.63) is 53.1 Å². The second-order valence-corrected chi connectivity index (χ2v) is 5.52. The van der Waals surface area contributed by atoms with Crippen LogP contribution in [-0.2, 0) is 4.79 Å². The Morgan fingerprint density at radius 2 is 1.88 bits per heavy atom. The van der Waals surface area contributed by atoms with Gasteiger partial charge in [-0.1, -0.05) is 23.7 Å². The molecule has 0 spiro atoms. The maximum atomic E-state index is 12.1. The van der Waals surface area contributed by atoms with Gasteiger partial charge in [-0.05, 0) is 37.3 Å². The molecular weight excluding hydrogens is 330 g/mol. The second kappa shape index (κ2) is 8.45. The quantitative estimate of drug-likeness (QED) is 0.829. The first kappa shape index (κ1) is 17.9. The number of ether oxygens (including phenoxy) is 3. The molecule has 0 aliphatic carbocycles. The number of rotatable bonds is 7. The number of hydrogen-bond acceptors (Lipinski definition) is 4. The van der Waals surface area contributed by atoms with E-state index in [1.54, 1.807) is 50.6 Å². The fraction of sp³-hybridized carbons (Fsp3) is 0.278. The lowest BCUT2D eigenvalue weighted by Crippen LogP contribution is -2.31. The number of halogens is 1. The molecule has 0 radical (unpaired) electrons. The number of methoxy groups -OCH3 is 2. The lowest BCUT2D eigenvalue weighted by Gasteiger charge is -2.18. The first-order valence-electron chi connectivity index (χ1n) is 7.43. The van der Waals surface area contributed by atoms with Gasteiger partial charge in [0.15, 0.2) is 6.61 Å². The van der Waals surface area contributed by atoms with Crippen molar-refractivity contribution in [3.63, 3.8) is 0 Å². The number of carbonyl (C=O) groups is 1. The molecule has 2 rings (SSSR count). The molecule has 6 heteroatoms. The number of benzene rings is 2. The highest BCUT2D eigenvalue weighted by atomic mass is 35.5. The van der Waals surface area contributed by atoms with Crippen LogP contribution in [0, 0.1) is 0 Å². The van der Waals surface area contributed by atoms with Crippen LogP contribution < -0.4 is 19.5 Å². The Labute approximate surface area is 146 Å². The van der Waals surface area contributed by atoms with Gasteiger partial charge in [-0.2, -0.15) is 0 Å². The Morgan fingerprint density at radius 3 is 2.54 bits per heavy atom. The summed E-state index contributed by atoms with van der Waals surface area (Å²) in [6.07, 6.45) is 0. The van der Waals surface area contributed by atoms with Crippen molar-refractivity contribution in [1.29, 1.82) is 0 Å². The van der Waals surface area contributed by atoms with Crippen LogP contribution in [0.5, 0.6) is 17.2 Å². The number of nitrogens with one attached hydrogen (secondary N) is 1. The average molecular weight is 350 g/mol. The Bertz CT molecular complexity index is 705. The van der Waals surface area contributed by atoms with Gasteiger partial charge >= 0.3 is 0 Å². The van der Waals surface area contributed by atoms with E-state index in [4.69, 9.17) is 25.8 Å². The zero-order valence-corrected chi connectivity index (χ0v) is 14.6. The Balaban J connectivity index is 2.00. The highest BCUT2D eigenvalue weighted by Crippen LogP contribution is 2.29. The third-order valence-corrected chi connectivity index (χ3v) is 3.79. The standard InChI is InChI=1S/C18H20ClNO4/c1-12(14-10-13(22-2)8-9-16(14)23-3)20-18(21)11-24-17-7-5-4-6-15(17)19/h4-10,12H,11H2,1-3H3,(H,20,21)/t12-/m1/s1. The summed E-state index contributed by atoms with van der Waals surface area (Å²) in [5.41, 5.74) is 0.822. The van der Waals surface area contributed by atoms with Crippen molar-refractivity contribution in [3.8, 4) is 17.2 Å². The number of carbonyl (C=O) groups excluding carboxylic acids is 1. The van der Waals surface area contributed by atoms with Crippen LogP contribution in [0.15, 0.2) is 42.5 Å². The van der Waals surface area contributed by atoms with Gasteiger partial charge in [0.1, 0.15) is 17.2 Å². The van der Waals surface area contributed by atoms with E-state index in [1.807, 2.05) is 13.0 Å². The Kier molecular flexibility index (Phi) is 6.32. The molecule has 5 nitrogen and oxygen atoms in total. The van der Waals surface area contributed by atoms with Gasteiger partial charge in [0.2, 0.25) is 0 Å². The first-order chi connectivity index (χ1) is 11.5. The summed E-state index contributed by atoms with van der Waals surface area (Å²) in [5.74, 6) is 1.59. The van der Waals surface area contributed by atoms with Gasteiger partial charge < -0.3 is 19.5 Å². The van der Waals surface area contributed by atoms with Crippen molar-refractivity contribution in [2.75, 3.05) is 20.8 Å². The van der Waals surface area contributed by atoms with Crippen molar-refractivity contribution in [2.45, 2.75) is 13.0 Å². The molecule has 128 valence electrons. The molecule has 0 fully saturated rings. The van der Waals surface area contributed by atoms with Gasteiger partial charge in [0.05, 0.1) is 25.3 Å². The van der Waals surface area contributed by atoms with E-state index in [-0.39, 0.29) is 18.6 Å². The number of para-hydroxylation sites is 1. The smallest absolute Gasteiger partial charge is 0.258 e. The van der Waals surface area contributed by atoms with Gasteiger partial charge in [-0.25, -0.2) is 0 Å². The molecule has 2 aromatic carbocycles. The first-order valence-corrected chi connectivity index (χ1v) is 7.81. The molecule has 2 aromatic rings. The van der Waals surface area contributed by atoms with Gasteiger partial charge in [0, 0.05) is 5.56 Å². The molecule has 0 saturated heterocycles. The minimum atomic E-state index is -0.266. The summed E-state index contributed by atoms with van der Waals surface area (Å²) in [4.78, 5) is 12.1. The molecule has 0 heterocycles. The molecular formula is C18H20ClNO4. The zero-order chi connectivity index (χ0) is 17.5. The molecule has 0 bridgehead atoms. The summed E-state index contributed by atoms with van der Waals surface area (Å²) in [6, 6.07) is 12.2. The molecule has 1 N–H and O–H groups in total. The molecule has 1 amide bonds. The summed E-state index contributed by atoms with van der Waals surface area (Å²) < 4.78 is 16.0. The van der Waals surface area contributed by atoms with E-state index in [0.717, 1.165) is 5.56 Å². The van der Waals surface area contributed by atoms with Gasteiger partial charge in [-0.3, -0.25) is 4.79 Å². The normalized spacial score (nSPS) is 11.5. The van der Waals surface area contributed by atoms with Crippen LogP contribution >= 0.6 is 11.6 Å². The summed E-state index contributed by atoms with van der Waals surface area (Å²) in [6.45, 7) is 1.74. The van der Waals surface area contributed by atoms with Crippen LogP contribution in [0.2, 0.25) is 5.02 Å². The van der Waals surface area contributed by atoms with Crippen molar-refractivity contribution in [2.24, 2.45) is 0 Å². The summed E-state index contributed by atoms with van der Waals surface area (Å²) in [5, 5.41) is 3.33. The second-order valence-electron chi connectivity index (χ2n) is 5.12. The highest BCUT2D eigenvalue weighted by Gasteiger charge is 2.16. The lowest BCUT2D eigenvalue weighted by atomic mass is 10.1. The minimum absolute atomic E-state index is 0.125. The fourth-order valence-electron chi connectivity index (χ4n) is 2.24. The molecule has 0 aliphatic heterocycles. The lowest BCUT2D eigenvalue weighted by molar-refractivity contribution is -0.123. The van der Waals surface area contributed by atoms with Crippen molar-refractivity contribution >= 4 is 17.5 Å². The molecule has 0 aliphatic rings. The van der Waals surface area contributed by atoms with E-state index in [2.05, 4.69) is 5.32 Å². The maximum Gasteiger partial charge on any atom is 0.258 e. The van der Waals surface area contributed by atoms with E-state index in [9.17, 15) is 4.79 Å². The molecule has 24 heavy (non-hydrogen) atoms. The van der Waals surface area contributed by atoms with Crippen molar-refractivity contribution in [1.82, 2.24) is 5.32 Å². The monoisotopic (exact) mass is 349 g/mol. The van der Waals surface area contributed by atoms with Crippen molar-refractivity contribution < 1.29 is 19.0 Å². The van der Waals surface area contributed by atoms with E-state index < -0.39 is 0 Å². The van der Waals surface area contributed by atoms with Gasteiger partial charge in [-0.15, -0.1) is 0 Å². The average Bonchev–Trinajstić information content (AvgIpc) is 2.60. The molecule has 0 unspecified atom stereocenters. The molecule has 0 aromatic heterocycles. The third-order valence-electron chi connectivity index (χ3n) is 3.48. The topological polar surface area (TPSA) is 56.8 Å². The van der Waals surface area contributed by atoms with E-state index in [0.29, 0.717) is 22.3 Å². The zero-order valence-electron chi connectivity index (χ0n) is 13.8. The highest BCUT2D eigenvalue weighted by molar-refractivity contribution is 6.32. The summed E-state index contributed by atoms with van der Waals surface area (Å²) >= 11 is 6.00. The van der Waals surface area contributed by atoms with Crippen LogP contribution in [-0.4, -0.2) is 26.7 Å². The largest absolute Gasteiger partial charge is 0.497 e. The SMILES string of the molecule is COc1ccc(OC)c([C@@H](C)NC(=O)COc2ccccc2Cl)c1. The predicted octanol–water partition coefficient (Wildman–Crippen LogP) is 3.61. The maximum absolute atomic E-state index is 12.1. The number of amides is 1. The van der Waals surface area contributed by atoms with E-state index in [1.165, 1.54) is 0 Å². The van der Waals surface area contributed by atoms with Crippen LogP contribution in [0.1, 0.15) is 18.5 Å². The third kappa shape index (κ3) is 4.55. The minimum Gasteiger partial charge on any atom is -0.497 e. The Morgan fingerprint density at radius 1 is 1.12 bits per heavy atom. The summed E-state index contributed by atoms with van der Waals surface area (Å²) in [7, 11) is 3.17. The van der Waals surface area contributed by atoms with Crippen LogP contribution in [0.3, 0.4) is 0 Å². The number of hydrogen-bond donors (Lipinski definition) is 1. The van der Waals surface area contributed by atoms with E-state index >= 15 is 0 Å². The van der Waals surface area contributed by atoms with Crippen LogP contribution in [0.4, 0.5) is 0 Å². The predicted molar refractivity (Wildman–Crippen MR) is 93.1 cm³/mol. The van der Waals surface area contributed by atoms with Crippen LogP contribution in [0.25, 0.3) is 0 Å². The molecule has 0 saturated carbocycles.